The molecule has 0 atom stereocenters. The average molecular weight is 315 g/mol. The van der Waals surface area contributed by atoms with E-state index in [0.717, 1.165) is 0 Å². The molecule has 5 nitrogen and oxygen atoms in total. The van der Waals surface area contributed by atoms with Crippen molar-refractivity contribution in [3.63, 3.8) is 0 Å². The molecule has 0 N–H and O–H groups in total. The standard InChI is InChI=1S/C12H11BrO5/c1-2-16-12(15)11(14)7-5-9-10(6-8(7)13)18-4-3-17-9/h5-6H,2-4H2,1H3. The van der Waals surface area contributed by atoms with Crippen LogP contribution in [0.1, 0.15) is 17.3 Å². The summed E-state index contributed by atoms with van der Waals surface area (Å²) < 4.78 is 15.9. The topological polar surface area (TPSA) is 61.8 Å². The zero-order valence-corrected chi connectivity index (χ0v) is 11.3. The number of ketones is 1. The van der Waals surface area contributed by atoms with Crippen LogP contribution in [-0.4, -0.2) is 31.6 Å². The predicted octanol–water partition coefficient (Wildman–Crippen LogP) is 1.97. The Labute approximate surface area is 112 Å². The number of halogens is 1. The second-order valence-corrected chi connectivity index (χ2v) is 4.38. The van der Waals surface area contributed by atoms with Gasteiger partial charge in [-0.1, -0.05) is 0 Å². The Balaban J connectivity index is 2.33. The zero-order valence-electron chi connectivity index (χ0n) is 9.70. The zero-order chi connectivity index (χ0) is 13.1. The van der Waals surface area contributed by atoms with Crippen LogP contribution >= 0.6 is 15.9 Å². The van der Waals surface area contributed by atoms with Crippen LogP contribution in [0.4, 0.5) is 0 Å². The van der Waals surface area contributed by atoms with Crippen molar-refractivity contribution in [3.05, 3.63) is 22.2 Å². The van der Waals surface area contributed by atoms with Crippen molar-refractivity contribution in [2.24, 2.45) is 0 Å². The third kappa shape index (κ3) is 2.48. The Bertz CT molecular complexity index is 497. The summed E-state index contributed by atoms with van der Waals surface area (Å²) in [5.74, 6) is -0.582. The summed E-state index contributed by atoms with van der Waals surface area (Å²) >= 11 is 3.23. The van der Waals surface area contributed by atoms with Crippen molar-refractivity contribution in [1.29, 1.82) is 0 Å². The molecule has 0 bridgehead atoms. The largest absolute Gasteiger partial charge is 0.486 e. The van der Waals surface area contributed by atoms with Crippen LogP contribution in [0.15, 0.2) is 16.6 Å². The second-order valence-electron chi connectivity index (χ2n) is 3.53. The first-order valence-electron chi connectivity index (χ1n) is 5.44. The van der Waals surface area contributed by atoms with Crippen molar-refractivity contribution in [1.82, 2.24) is 0 Å². The molecule has 0 unspecified atom stereocenters. The smallest absolute Gasteiger partial charge is 0.379 e. The molecule has 1 aromatic carbocycles. The van der Waals surface area contributed by atoms with Gasteiger partial charge in [-0.05, 0) is 35.0 Å². The van der Waals surface area contributed by atoms with Gasteiger partial charge in [0.25, 0.3) is 5.78 Å². The maximum absolute atomic E-state index is 11.8. The van der Waals surface area contributed by atoms with E-state index in [-0.39, 0.29) is 12.2 Å². The summed E-state index contributed by atoms with van der Waals surface area (Å²) in [6.07, 6.45) is 0. The van der Waals surface area contributed by atoms with E-state index in [4.69, 9.17) is 9.47 Å². The van der Waals surface area contributed by atoms with E-state index in [1.165, 1.54) is 6.07 Å². The van der Waals surface area contributed by atoms with Gasteiger partial charge < -0.3 is 14.2 Å². The van der Waals surface area contributed by atoms with Crippen molar-refractivity contribution in [2.75, 3.05) is 19.8 Å². The Hall–Kier alpha value is -1.56. The minimum Gasteiger partial charge on any atom is -0.486 e. The minimum atomic E-state index is -0.880. The molecule has 1 aliphatic heterocycles. The Morgan fingerprint density at radius 1 is 1.28 bits per heavy atom. The fraction of sp³-hybridized carbons (Fsp3) is 0.333. The Morgan fingerprint density at radius 3 is 2.50 bits per heavy atom. The van der Waals surface area contributed by atoms with Crippen LogP contribution in [0.2, 0.25) is 0 Å². The first kappa shape index (κ1) is 12.9. The van der Waals surface area contributed by atoms with Gasteiger partial charge in [-0.2, -0.15) is 0 Å². The number of hydrogen-bond acceptors (Lipinski definition) is 5. The van der Waals surface area contributed by atoms with Crippen LogP contribution in [0.5, 0.6) is 11.5 Å². The lowest BCUT2D eigenvalue weighted by atomic mass is 10.1. The van der Waals surface area contributed by atoms with Gasteiger partial charge in [0, 0.05) is 10.0 Å². The van der Waals surface area contributed by atoms with Gasteiger partial charge >= 0.3 is 5.97 Å². The van der Waals surface area contributed by atoms with Gasteiger partial charge in [-0.15, -0.1) is 0 Å². The minimum absolute atomic E-state index is 0.159. The molecular weight excluding hydrogens is 304 g/mol. The number of fused-ring (bicyclic) bond motifs is 1. The van der Waals surface area contributed by atoms with Crippen molar-refractivity contribution in [2.45, 2.75) is 6.92 Å². The molecule has 0 spiro atoms. The lowest BCUT2D eigenvalue weighted by Crippen LogP contribution is -2.20. The van der Waals surface area contributed by atoms with Gasteiger partial charge in [0.05, 0.1) is 6.61 Å². The molecule has 1 aromatic rings. The van der Waals surface area contributed by atoms with E-state index in [2.05, 4.69) is 20.7 Å². The summed E-state index contributed by atoms with van der Waals surface area (Å²) in [4.78, 5) is 23.2. The van der Waals surface area contributed by atoms with Crippen LogP contribution < -0.4 is 9.47 Å². The van der Waals surface area contributed by atoms with Crippen LogP contribution in [0, 0.1) is 0 Å². The summed E-state index contributed by atoms with van der Waals surface area (Å²) in [6, 6.07) is 3.10. The van der Waals surface area contributed by atoms with Crippen LogP contribution in [0.3, 0.4) is 0 Å². The fourth-order valence-electron chi connectivity index (χ4n) is 1.54. The quantitative estimate of drug-likeness (QED) is 0.485. The first-order valence-corrected chi connectivity index (χ1v) is 6.23. The highest BCUT2D eigenvalue weighted by Gasteiger charge is 2.24. The number of ether oxygens (including phenoxy) is 3. The number of hydrogen-bond donors (Lipinski definition) is 0. The molecule has 0 aromatic heterocycles. The summed E-state index contributed by atoms with van der Waals surface area (Å²) in [5, 5.41) is 0. The normalized spacial score (nSPS) is 13.0. The summed E-state index contributed by atoms with van der Waals surface area (Å²) in [7, 11) is 0. The van der Waals surface area contributed by atoms with Gasteiger partial charge in [-0.25, -0.2) is 4.79 Å². The predicted molar refractivity (Wildman–Crippen MR) is 66.1 cm³/mol. The van der Waals surface area contributed by atoms with Crippen LogP contribution in [0.25, 0.3) is 0 Å². The SMILES string of the molecule is CCOC(=O)C(=O)c1cc2c(cc1Br)OCCO2. The van der Waals surface area contributed by atoms with E-state index in [9.17, 15) is 9.59 Å². The number of rotatable bonds is 3. The first-order chi connectivity index (χ1) is 8.63. The summed E-state index contributed by atoms with van der Waals surface area (Å²) in [6.45, 7) is 2.68. The highest BCUT2D eigenvalue weighted by Crippen LogP contribution is 2.35. The number of Topliss-reactive ketones (excluding diaryl/α,β-unsaturated/α-hetero) is 1. The van der Waals surface area contributed by atoms with E-state index in [1.54, 1.807) is 13.0 Å². The third-order valence-electron chi connectivity index (χ3n) is 2.34. The maximum atomic E-state index is 11.8. The van der Waals surface area contributed by atoms with E-state index in [1.807, 2.05) is 0 Å². The Morgan fingerprint density at radius 2 is 1.89 bits per heavy atom. The van der Waals surface area contributed by atoms with Crippen LogP contribution in [-0.2, 0) is 9.53 Å². The summed E-state index contributed by atoms with van der Waals surface area (Å²) in [5.41, 5.74) is 0.206. The molecule has 0 saturated heterocycles. The molecule has 1 aliphatic rings. The van der Waals surface area contributed by atoms with Crippen molar-refractivity contribution in [3.8, 4) is 11.5 Å². The second kappa shape index (κ2) is 5.39. The van der Waals surface area contributed by atoms with Crippen molar-refractivity contribution >= 4 is 27.7 Å². The van der Waals surface area contributed by atoms with E-state index >= 15 is 0 Å². The molecule has 0 saturated carbocycles. The van der Waals surface area contributed by atoms with Gasteiger partial charge in [0.1, 0.15) is 13.2 Å². The van der Waals surface area contributed by atoms with E-state index in [0.29, 0.717) is 29.2 Å². The number of benzene rings is 1. The number of carbonyl (C=O) groups is 2. The maximum Gasteiger partial charge on any atom is 0.379 e. The molecule has 2 rings (SSSR count). The average Bonchev–Trinajstić information content (AvgIpc) is 2.37. The molecule has 18 heavy (non-hydrogen) atoms. The highest BCUT2D eigenvalue weighted by atomic mass is 79.9. The third-order valence-corrected chi connectivity index (χ3v) is 2.99. The molecule has 0 fully saturated rings. The molecular formula is C12H11BrO5. The Kier molecular flexibility index (Phi) is 3.86. The van der Waals surface area contributed by atoms with E-state index < -0.39 is 11.8 Å². The van der Waals surface area contributed by atoms with Gasteiger partial charge in [0.15, 0.2) is 11.5 Å². The van der Waals surface area contributed by atoms with Crippen molar-refractivity contribution < 1.29 is 23.8 Å². The number of esters is 1. The molecule has 96 valence electrons. The monoisotopic (exact) mass is 314 g/mol. The lowest BCUT2D eigenvalue weighted by molar-refractivity contribution is -0.137. The molecule has 6 heteroatoms. The molecule has 0 aliphatic carbocycles. The lowest BCUT2D eigenvalue weighted by Gasteiger charge is -2.19. The van der Waals surface area contributed by atoms with Gasteiger partial charge in [0.2, 0.25) is 0 Å². The highest BCUT2D eigenvalue weighted by molar-refractivity contribution is 9.10. The molecule has 1 heterocycles. The number of carbonyl (C=O) groups excluding carboxylic acids is 2. The molecule has 0 amide bonds. The fourth-order valence-corrected chi connectivity index (χ4v) is 2.05. The van der Waals surface area contributed by atoms with Gasteiger partial charge in [-0.3, -0.25) is 4.79 Å². The molecule has 0 radical (unpaired) electrons.